The van der Waals surface area contributed by atoms with Gasteiger partial charge in [-0.15, -0.1) is 0 Å². The molecule has 0 saturated carbocycles. The summed E-state index contributed by atoms with van der Waals surface area (Å²) in [4.78, 5) is 12.0. The lowest BCUT2D eigenvalue weighted by molar-refractivity contribution is 0.0626. The highest BCUT2D eigenvalue weighted by molar-refractivity contribution is 6.30. The fraction of sp³-hybridized carbons (Fsp3) is 0.316. The maximum absolute atomic E-state index is 12.0. The van der Waals surface area contributed by atoms with Crippen LogP contribution in [0.25, 0.3) is 0 Å². The third-order valence-corrected chi connectivity index (χ3v) is 3.88. The van der Waals surface area contributed by atoms with Crippen LogP contribution in [0.15, 0.2) is 48.5 Å². The number of nitrogens with one attached hydrogen (secondary N) is 1. The molecule has 0 aliphatic heterocycles. The summed E-state index contributed by atoms with van der Waals surface area (Å²) in [5.74, 6) is 0.657. The first-order valence-electron chi connectivity index (χ1n) is 7.96. The summed E-state index contributed by atoms with van der Waals surface area (Å²) in [5.41, 5.74) is 2.20. The highest BCUT2D eigenvalue weighted by Gasteiger charge is 2.13. The summed E-state index contributed by atoms with van der Waals surface area (Å²) < 4.78 is 11.0. The van der Waals surface area contributed by atoms with Gasteiger partial charge in [-0.05, 0) is 42.7 Å². The van der Waals surface area contributed by atoms with Crippen molar-refractivity contribution in [1.82, 2.24) is 5.32 Å². The Balaban J connectivity index is 1.79. The van der Waals surface area contributed by atoms with Crippen LogP contribution in [0.1, 0.15) is 24.5 Å². The second-order valence-electron chi connectivity index (χ2n) is 5.48. The Kier molecular flexibility index (Phi) is 6.94. The number of hydrogen-bond donors (Lipinski definition) is 1. The Bertz CT molecular complexity index is 675. The largest absolute Gasteiger partial charge is 0.490 e. The molecular formula is C19H22ClNO3. The Morgan fingerprint density at radius 3 is 2.71 bits per heavy atom. The summed E-state index contributed by atoms with van der Waals surface area (Å²) in [6.45, 7) is 4.68. The molecule has 1 amide bonds. The van der Waals surface area contributed by atoms with Crippen molar-refractivity contribution in [2.45, 2.75) is 32.9 Å². The van der Waals surface area contributed by atoms with Crippen molar-refractivity contribution in [2.24, 2.45) is 0 Å². The molecule has 0 fully saturated rings. The van der Waals surface area contributed by atoms with Gasteiger partial charge in [0.2, 0.25) is 0 Å². The molecule has 2 aromatic rings. The average molecular weight is 348 g/mol. The van der Waals surface area contributed by atoms with Crippen molar-refractivity contribution in [3.63, 3.8) is 0 Å². The second kappa shape index (κ2) is 9.18. The maximum atomic E-state index is 12.0. The smallest absolute Gasteiger partial charge is 0.407 e. The number of rotatable bonds is 7. The lowest BCUT2D eigenvalue weighted by atomic mass is 10.1. The Morgan fingerprint density at radius 1 is 1.21 bits per heavy atom. The Labute approximate surface area is 147 Å². The van der Waals surface area contributed by atoms with Gasteiger partial charge in [-0.25, -0.2) is 4.79 Å². The van der Waals surface area contributed by atoms with E-state index in [1.54, 1.807) is 12.1 Å². The van der Waals surface area contributed by atoms with Crippen LogP contribution in [0.4, 0.5) is 4.79 Å². The van der Waals surface area contributed by atoms with E-state index in [4.69, 9.17) is 21.1 Å². The van der Waals surface area contributed by atoms with Crippen LogP contribution in [0.2, 0.25) is 5.02 Å². The summed E-state index contributed by atoms with van der Waals surface area (Å²) in [7, 11) is 0. The standard InChI is InChI=1S/C19H22ClNO3/c1-3-17(13-23-18-10-6-9-16(20)11-18)24-19(22)21-12-15-8-5-4-7-14(15)2/h4-11,17H,3,12-13H2,1-2H3,(H,21,22). The average Bonchev–Trinajstić information content (AvgIpc) is 2.58. The van der Waals surface area contributed by atoms with Crippen LogP contribution < -0.4 is 10.1 Å². The van der Waals surface area contributed by atoms with Crippen molar-refractivity contribution in [2.75, 3.05) is 6.61 Å². The van der Waals surface area contributed by atoms with Crippen LogP contribution in [-0.2, 0) is 11.3 Å². The number of carbonyl (C=O) groups is 1. The first kappa shape index (κ1) is 18.1. The Hall–Kier alpha value is -2.20. The molecule has 5 heteroatoms. The molecule has 0 heterocycles. The molecule has 0 aliphatic carbocycles. The number of benzene rings is 2. The van der Waals surface area contributed by atoms with E-state index in [0.717, 1.165) is 11.1 Å². The van der Waals surface area contributed by atoms with Gasteiger partial charge in [-0.3, -0.25) is 0 Å². The van der Waals surface area contributed by atoms with Gasteiger partial charge >= 0.3 is 6.09 Å². The van der Waals surface area contributed by atoms with Crippen molar-refractivity contribution >= 4 is 17.7 Å². The first-order chi connectivity index (χ1) is 11.6. The van der Waals surface area contributed by atoms with E-state index in [2.05, 4.69) is 5.32 Å². The van der Waals surface area contributed by atoms with Gasteiger partial charge in [-0.1, -0.05) is 48.9 Å². The van der Waals surface area contributed by atoms with Crippen molar-refractivity contribution in [3.05, 3.63) is 64.7 Å². The number of alkyl carbamates (subject to hydrolysis) is 1. The number of halogens is 1. The molecule has 1 atom stereocenters. The van der Waals surface area contributed by atoms with Gasteiger partial charge in [0.25, 0.3) is 0 Å². The van der Waals surface area contributed by atoms with Crippen molar-refractivity contribution < 1.29 is 14.3 Å². The SMILES string of the molecule is CCC(COc1cccc(Cl)c1)OC(=O)NCc1ccccc1C. The van der Waals surface area contributed by atoms with E-state index < -0.39 is 6.09 Å². The molecule has 2 rings (SSSR count). The van der Waals surface area contributed by atoms with E-state index in [-0.39, 0.29) is 12.7 Å². The quantitative estimate of drug-likeness (QED) is 0.787. The monoisotopic (exact) mass is 347 g/mol. The second-order valence-corrected chi connectivity index (χ2v) is 5.92. The number of amides is 1. The fourth-order valence-corrected chi connectivity index (χ4v) is 2.33. The van der Waals surface area contributed by atoms with Crippen LogP contribution in [0.5, 0.6) is 5.75 Å². The van der Waals surface area contributed by atoms with Crippen molar-refractivity contribution in [1.29, 1.82) is 0 Å². The first-order valence-corrected chi connectivity index (χ1v) is 8.33. The highest BCUT2D eigenvalue weighted by Crippen LogP contribution is 2.17. The van der Waals surface area contributed by atoms with Crippen LogP contribution in [-0.4, -0.2) is 18.8 Å². The zero-order valence-corrected chi connectivity index (χ0v) is 14.7. The molecule has 0 spiro atoms. The third-order valence-electron chi connectivity index (χ3n) is 3.65. The summed E-state index contributed by atoms with van der Waals surface area (Å²) in [5, 5.41) is 3.38. The molecule has 0 aliphatic rings. The van der Waals surface area contributed by atoms with Gasteiger partial charge < -0.3 is 14.8 Å². The van der Waals surface area contributed by atoms with E-state index in [1.165, 1.54) is 0 Å². The zero-order chi connectivity index (χ0) is 17.4. The Morgan fingerprint density at radius 2 is 2.00 bits per heavy atom. The fourth-order valence-electron chi connectivity index (χ4n) is 2.15. The maximum Gasteiger partial charge on any atom is 0.407 e. The predicted molar refractivity (Wildman–Crippen MR) is 95.5 cm³/mol. The molecular weight excluding hydrogens is 326 g/mol. The number of aryl methyl sites for hydroxylation is 1. The summed E-state index contributed by atoms with van der Waals surface area (Å²) in [6.07, 6.45) is -0.0983. The number of carbonyl (C=O) groups excluding carboxylic acids is 1. The topological polar surface area (TPSA) is 47.6 Å². The predicted octanol–water partition coefficient (Wildman–Crippen LogP) is 4.73. The molecule has 4 nitrogen and oxygen atoms in total. The number of hydrogen-bond acceptors (Lipinski definition) is 3. The normalized spacial score (nSPS) is 11.6. The van der Waals surface area contributed by atoms with Gasteiger partial charge in [0.1, 0.15) is 18.5 Å². The lowest BCUT2D eigenvalue weighted by Crippen LogP contribution is -2.31. The molecule has 0 aromatic heterocycles. The van der Waals surface area contributed by atoms with Gasteiger partial charge in [0.15, 0.2) is 0 Å². The molecule has 24 heavy (non-hydrogen) atoms. The zero-order valence-electron chi connectivity index (χ0n) is 13.9. The molecule has 1 unspecified atom stereocenters. The molecule has 0 bridgehead atoms. The highest BCUT2D eigenvalue weighted by atomic mass is 35.5. The minimum Gasteiger partial charge on any atom is -0.490 e. The van der Waals surface area contributed by atoms with Crippen LogP contribution in [0.3, 0.4) is 0 Å². The van der Waals surface area contributed by atoms with Gasteiger partial charge in [0, 0.05) is 11.6 Å². The number of ether oxygens (including phenoxy) is 2. The van der Waals surface area contributed by atoms with Crippen molar-refractivity contribution in [3.8, 4) is 5.75 Å². The molecule has 0 radical (unpaired) electrons. The van der Waals surface area contributed by atoms with Crippen LogP contribution >= 0.6 is 11.6 Å². The summed E-state index contributed by atoms with van der Waals surface area (Å²) >= 11 is 5.92. The molecule has 1 N–H and O–H groups in total. The van der Waals surface area contributed by atoms with E-state index in [0.29, 0.717) is 23.7 Å². The lowest BCUT2D eigenvalue weighted by Gasteiger charge is -2.17. The molecule has 128 valence electrons. The third kappa shape index (κ3) is 5.78. The minimum absolute atomic E-state index is 0.286. The summed E-state index contributed by atoms with van der Waals surface area (Å²) in [6, 6.07) is 15.0. The van der Waals surface area contributed by atoms with Gasteiger partial charge in [-0.2, -0.15) is 0 Å². The van der Waals surface area contributed by atoms with Gasteiger partial charge in [0.05, 0.1) is 0 Å². The molecule has 0 saturated heterocycles. The van der Waals surface area contributed by atoms with E-state index in [9.17, 15) is 4.79 Å². The van der Waals surface area contributed by atoms with Crippen LogP contribution in [0, 0.1) is 6.92 Å². The van der Waals surface area contributed by atoms with E-state index >= 15 is 0 Å². The van der Waals surface area contributed by atoms with E-state index in [1.807, 2.05) is 50.2 Å². The minimum atomic E-state index is -0.445. The molecule has 2 aromatic carbocycles.